The van der Waals surface area contributed by atoms with E-state index < -0.39 is 5.92 Å². The van der Waals surface area contributed by atoms with Gasteiger partial charge in [-0.15, -0.1) is 0 Å². The summed E-state index contributed by atoms with van der Waals surface area (Å²) in [4.78, 5) is 19.3. The van der Waals surface area contributed by atoms with E-state index in [0.29, 0.717) is 25.3 Å². The fourth-order valence-electron chi connectivity index (χ4n) is 4.62. The van der Waals surface area contributed by atoms with Crippen LogP contribution in [0.4, 0.5) is 8.78 Å². The average Bonchev–Trinajstić information content (AvgIpc) is 3.25. The van der Waals surface area contributed by atoms with Crippen LogP contribution in [0.25, 0.3) is 22.0 Å². The number of likely N-dealkylation sites (tertiary alicyclic amines) is 1. The van der Waals surface area contributed by atoms with Crippen LogP contribution in [0.5, 0.6) is 0 Å². The number of pyridine rings is 1. The number of H-pyrrole nitrogens is 1. The van der Waals surface area contributed by atoms with Gasteiger partial charge < -0.3 is 10.6 Å². The number of rotatable bonds is 5. The van der Waals surface area contributed by atoms with Crippen LogP contribution < -0.4 is 10.6 Å². The van der Waals surface area contributed by atoms with Crippen molar-refractivity contribution < 1.29 is 13.6 Å². The van der Waals surface area contributed by atoms with Crippen LogP contribution in [-0.2, 0) is 6.54 Å². The molecule has 0 radical (unpaired) electrons. The van der Waals surface area contributed by atoms with Crippen molar-refractivity contribution in [3.63, 3.8) is 0 Å². The Morgan fingerprint density at radius 1 is 1.12 bits per heavy atom. The first-order chi connectivity index (χ1) is 16.0. The Morgan fingerprint density at radius 2 is 1.91 bits per heavy atom. The van der Waals surface area contributed by atoms with Crippen LogP contribution >= 0.6 is 0 Å². The van der Waals surface area contributed by atoms with Crippen molar-refractivity contribution in [2.24, 2.45) is 0 Å². The first-order valence-corrected chi connectivity index (χ1v) is 11.5. The van der Waals surface area contributed by atoms with Gasteiger partial charge in [0, 0.05) is 61.9 Å². The lowest BCUT2D eigenvalue weighted by atomic mass is 10.0. The summed E-state index contributed by atoms with van der Waals surface area (Å²) in [6.07, 6.45) is 5.19. The summed E-state index contributed by atoms with van der Waals surface area (Å²) in [6.45, 7) is 3.16. The van der Waals surface area contributed by atoms with Gasteiger partial charge in [0.1, 0.15) is 0 Å². The van der Waals surface area contributed by atoms with Crippen LogP contribution in [0.1, 0.15) is 41.7 Å². The Labute approximate surface area is 191 Å². The van der Waals surface area contributed by atoms with Gasteiger partial charge in [-0.2, -0.15) is 5.10 Å². The van der Waals surface area contributed by atoms with Crippen molar-refractivity contribution >= 4 is 16.8 Å². The van der Waals surface area contributed by atoms with Gasteiger partial charge in [-0.05, 0) is 55.3 Å². The summed E-state index contributed by atoms with van der Waals surface area (Å²) in [6, 6.07) is 8.04. The van der Waals surface area contributed by atoms with Crippen LogP contribution in [-0.4, -0.2) is 64.1 Å². The smallest absolute Gasteiger partial charge is 0.272 e. The molecule has 2 fully saturated rings. The van der Waals surface area contributed by atoms with E-state index in [1.807, 2.05) is 29.2 Å². The predicted octanol–water partition coefficient (Wildman–Crippen LogP) is 3.34. The molecule has 2 saturated heterocycles. The monoisotopic (exact) mass is 454 g/mol. The minimum atomic E-state index is -2.55. The molecule has 33 heavy (non-hydrogen) atoms. The molecule has 0 bridgehead atoms. The number of benzene rings is 1. The Balaban J connectivity index is 1.34. The van der Waals surface area contributed by atoms with E-state index >= 15 is 0 Å². The highest BCUT2D eigenvalue weighted by Gasteiger charge is 2.33. The lowest BCUT2D eigenvalue weighted by molar-refractivity contribution is -0.0566. The Hall–Kier alpha value is -2.91. The molecule has 9 heteroatoms. The van der Waals surface area contributed by atoms with Gasteiger partial charge >= 0.3 is 0 Å². The van der Waals surface area contributed by atoms with Crippen LogP contribution in [0.15, 0.2) is 36.7 Å². The highest BCUT2D eigenvalue weighted by molar-refractivity contribution is 6.05. The van der Waals surface area contributed by atoms with Crippen molar-refractivity contribution in [2.75, 3.05) is 26.2 Å². The molecule has 4 heterocycles. The van der Waals surface area contributed by atoms with Crippen LogP contribution in [0, 0.1) is 0 Å². The molecular formula is C24H28F2N6O. The molecule has 174 valence electrons. The van der Waals surface area contributed by atoms with Crippen molar-refractivity contribution in [3.8, 4) is 11.1 Å². The Morgan fingerprint density at radius 3 is 2.70 bits per heavy atom. The molecule has 5 rings (SSSR count). The largest absolute Gasteiger partial charge is 0.348 e. The van der Waals surface area contributed by atoms with Gasteiger partial charge in [0.15, 0.2) is 5.69 Å². The second kappa shape index (κ2) is 9.15. The summed E-state index contributed by atoms with van der Waals surface area (Å²) >= 11 is 0. The number of hydrogen-bond acceptors (Lipinski definition) is 5. The molecule has 0 saturated carbocycles. The van der Waals surface area contributed by atoms with E-state index in [1.54, 1.807) is 12.4 Å². The minimum Gasteiger partial charge on any atom is -0.348 e. The second-order valence-electron chi connectivity index (χ2n) is 9.04. The number of alkyl halides is 2. The number of nitrogens with one attached hydrogen (secondary N) is 3. The van der Waals surface area contributed by atoms with Gasteiger partial charge in [0.25, 0.3) is 11.8 Å². The maximum Gasteiger partial charge on any atom is 0.272 e. The summed E-state index contributed by atoms with van der Waals surface area (Å²) in [7, 11) is 0. The molecule has 0 unspecified atom stereocenters. The van der Waals surface area contributed by atoms with Gasteiger partial charge in [-0.3, -0.25) is 19.8 Å². The maximum absolute atomic E-state index is 13.4. The summed E-state index contributed by atoms with van der Waals surface area (Å²) < 4.78 is 26.9. The van der Waals surface area contributed by atoms with Crippen LogP contribution in [0.2, 0.25) is 0 Å². The zero-order valence-electron chi connectivity index (χ0n) is 18.4. The van der Waals surface area contributed by atoms with Gasteiger partial charge in [-0.25, -0.2) is 8.78 Å². The fraction of sp³-hybridized carbons (Fsp3) is 0.458. The average molecular weight is 455 g/mol. The van der Waals surface area contributed by atoms with Crippen molar-refractivity contribution in [2.45, 2.75) is 44.2 Å². The van der Waals surface area contributed by atoms with E-state index in [4.69, 9.17) is 0 Å². The van der Waals surface area contributed by atoms with Crippen molar-refractivity contribution in [1.82, 2.24) is 30.7 Å². The van der Waals surface area contributed by atoms with Crippen LogP contribution in [0.3, 0.4) is 0 Å². The Kier molecular flexibility index (Phi) is 6.07. The first-order valence-electron chi connectivity index (χ1n) is 11.5. The molecule has 2 aliphatic heterocycles. The van der Waals surface area contributed by atoms with Crippen molar-refractivity contribution in [3.05, 3.63) is 47.9 Å². The quantitative estimate of drug-likeness (QED) is 0.551. The molecular weight excluding hydrogens is 426 g/mol. The number of aromatic amines is 1. The lowest BCUT2D eigenvalue weighted by Gasteiger charge is -2.31. The Bertz CT molecular complexity index is 1130. The van der Waals surface area contributed by atoms with Gasteiger partial charge in [0.05, 0.1) is 5.52 Å². The summed E-state index contributed by atoms with van der Waals surface area (Å²) in [5, 5.41) is 14.4. The zero-order chi connectivity index (χ0) is 22.8. The standard InChI is InChI=1S/C24H28F2N6O/c25-24(26)5-9-32(10-6-24)15-16-11-18(14-28-13-16)17-1-2-21-20(12-17)22(31-30-21)23(33)29-19-3-7-27-8-4-19/h1-2,11-14,19,27H,3-10,15H2,(H,29,33)(H,30,31). The first kappa shape index (κ1) is 21.9. The molecule has 2 aromatic heterocycles. The maximum atomic E-state index is 13.4. The third kappa shape index (κ3) is 5.04. The van der Waals surface area contributed by atoms with Gasteiger partial charge in [0.2, 0.25) is 0 Å². The number of aromatic nitrogens is 3. The second-order valence-corrected chi connectivity index (χ2v) is 9.04. The molecule has 3 aromatic rings. The molecule has 3 N–H and O–H groups in total. The molecule has 0 aliphatic carbocycles. The number of halogens is 2. The summed E-state index contributed by atoms with van der Waals surface area (Å²) in [5.41, 5.74) is 4.02. The fourth-order valence-corrected chi connectivity index (χ4v) is 4.62. The topological polar surface area (TPSA) is 85.9 Å². The molecule has 0 atom stereocenters. The van der Waals surface area contributed by atoms with E-state index in [2.05, 4.69) is 25.8 Å². The molecule has 7 nitrogen and oxygen atoms in total. The van der Waals surface area contributed by atoms with Gasteiger partial charge in [-0.1, -0.05) is 6.07 Å². The molecule has 0 spiro atoms. The normalized spacial score (nSPS) is 19.6. The molecule has 1 amide bonds. The lowest BCUT2D eigenvalue weighted by Crippen LogP contribution is -2.42. The summed E-state index contributed by atoms with van der Waals surface area (Å²) in [5.74, 6) is -2.71. The van der Waals surface area contributed by atoms with E-state index in [-0.39, 0.29) is 24.8 Å². The zero-order valence-corrected chi connectivity index (χ0v) is 18.4. The number of nitrogens with zero attached hydrogens (tertiary/aromatic N) is 3. The number of amides is 1. The molecule has 1 aromatic carbocycles. The number of carbonyl (C=O) groups excluding carboxylic acids is 1. The third-order valence-corrected chi connectivity index (χ3v) is 6.57. The number of piperidine rings is 2. The number of fused-ring (bicyclic) bond motifs is 1. The molecule has 2 aliphatic rings. The highest BCUT2D eigenvalue weighted by Crippen LogP contribution is 2.29. The predicted molar refractivity (Wildman–Crippen MR) is 122 cm³/mol. The highest BCUT2D eigenvalue weighted by atomic mass is 19.3. The third-order valence-electron chi connectivity index (χ3n) is 6.57. The van der Waals surface area contributed by atoms with E-state index in [9.17, 15) is 13.6 Å². The number of hydrogen-bond donors (Lipinski definition) is 3. The van der Waals surface area contributed by atoms with Crippen molar-refractivity contribution in [1.29, 1.82) is 0 Å². The van der Waals surface area contributed by atoms with E-state index in [0.717, 1.165) is 53.5 Å². The van der Waals surface area contributed by atoms with E-state index in [1.165, 1.54) is 0 Å². The SMILES string of the molecule is O=C(NC1CCNCC1)c1n[nH]c2ccc(-c3cncc(CN4CCC(F)(F)CC4)c3)cc12. The minimum absolute atomic E-state index is 0.0977. The number of carbonyl (C=O) groups is 1.